The number of piperidine rings is 1. The lowest BCUT2D eigenvalue weighted by Crippen LogP contribution is -2.41. The second kappa shape index (κ2) is 5.83. The minimum atomic E-state index is -0.0512. The summed E-state index contributed by atoms with van der Waals surface area (Å²) >= 11 is 0. The lowest BCUT2D eigenvalue weighted by atomic mass is 9.94. The first-order chi connectivity index (χ1) is 10.9. The number of aromatic amines is 1. The largest absolute Gasteiger partial charge is 0.342 e. The minimum absolute atomic E-state index is 0.0195. The van der Waals surface area contributed by atoms with Crippen LogP contribution in [0.2, 0.25) is 0 Å². The van der Waals surface area contributed by atoms with Crippen LogP contribution in [0.5, 0.6) is 0 Å². The van der Waals surface area contributed by atoms with Gasteiger partial charge in [-0.3, -0.25) is 14.7 Å². The van der Waals surface area contributed by atoms with Crippen LogP contribution < -0.4 is 5.56 Å². The van der Waals surface area contributed by atoms with Crippen molar-refractivity contribution in [3.63, 3.8) is 0 Å². The second-order valence-corrected chi connectivity index (χ2v) is 6.81. The number of rotatable bonds is 2. The van der Waals surface area contributed by atoms with Crippen molar-refractivity contribution in [1.29, 1.82) is 0 Å². The number of H-pyrrole nitrogens is 1. The van der Waals surface area contributed by atoms with Gasteiger partial charge in [0.2, 0.25) is 5.91 Å². The number of hydrogen-bond acceptors (Lipinski definition) is 3. The van der Waals surface area contributed by atoms with Crippen LogP contribution in [-0.2, 0) is 4.79 Å². The Kier molecular flexibility index (Phi) is 4.00. The Bertz CT molecular complexity index is 803. The zero-order chi connectivity index (χ0) is 16.7. The van der Waals surface area contributed by atoms with Crippen LogP contribution in [0.3, 0.4) is 0 Å². The van der Waals surface area contributed by atoms with Crippen molar-refractivity contribution in [1.82, 2.24) is 19.5 Å². The molecule has 2 aromatic rings. The first kappa shape index (κ1) is 15.8. The molecule has 0 aromatic carbocycles. The molecule has 0 unspecified atom stereocenters. The Balaban J connectivity index is 1.92. The molecule has 0 aliphatic carbocycles. The molecule has 0 saturated carbocycles. The van der Waals surface area contributed by atoms with Gasteiger partial charge in [0.25, 0.3) is 5.56 Å². The lowest BCUT2D eigenvalue weighted by molar-refractivity contribution is -0.135. The van der Waals surface area contributed by atoms with Crippen LogP contribution in [0.4, 0.5) is 0 Å². The molecule has 1 aliphatic rings. The van der Waals surface area contributed by atoms with Crippen molar-refractivity contribution in [3.05, 3.63) is 33.4 Å². The van der Waals surface area contributed by atoms with Crippen LogP contribution >= 0.6 is 0 Å². The molecule has 1 amide bonds. The van der Waals surface area contributed by atoms with Gasteiger partial charge in [0.05, 0.1) is 0 Å². The van der Waals surface area contributed by atoms with Gasteiger partial charge in [-0.1, -0.05) is 13.8 Å². The zero-order valence-electron chi connectivity index (χ0n) is 14.2. The number of fused-ring (bicyclic) bond motifs is 1. The monoisotopic (exact) mass is 316 g/mol. The molecule has 0 bridgehead atoms. The Morgan fingerprint density at radius 3 is 2.83 bits per heavy atom. The second-order valence-electron chi connectivity index (χ2n) is 6.81. The van der Waals surface area contributed by atoms with Crippen LogP contribution in [0.25, 0.3) is 5.65 Å². The summed E-state index contributed by atoms with van der Waals surface area (Å²) in [5.41, 5.74) is 3.02. The van der Waals surface area contributed by atoms with Gasteiger partial charge in [0, 0.05) is 47.9 Å². The summed E-state index contributed by atoms with van der Waals surface area (Å²) in [7, 11) is 0. The summed E-state index contributed by atoms with van der Waals surface area (Å²) in [6.45, 7) is 9.04. The SMILES string of the molecule is Cc1nc2cc([C@H]3CCCN(C(=O)C(C)C)C3)[nH]n2c(=O)c1C. The summed E-state index contributed by atoms with van der Waals surface area (Å²) in [6.07, 6.45) is 2.00. The highest BCUT2D eigenvalue weighted by Gasteiger charge is 2.27. The molecule has 0 radical (unpaired) electrons. The van der Waals surface area contributed by atoms with Crippen LogP contribution in [0.15, 0.2) is 10.9 Å². The lowest BCUT2D eigenvalue weighted by Gasteiger charge is -2.33. The third-order valence-electron chi connectivity index (χ3n) is 4.77. The molecule has 1 fully saturated rings. The minimum Gasteiger partial charge on any atom is -0.342 e. The molecule has 1 aliphatic heterocycles. The Hall–Kier alpha value is -2.11. The molecular weight excluding hydrogens is 292 g/mol. The van der Waals surface area contributed by atoms with E-state index in [0.717, 1.165) is 30.8 Å². The highest BCUT2D eigenvalue weighted by Crippen LogP contribution is 2.27. The Labute approximate surface area is 135 Å². The zero-order valence-corrected chi connectivity index (χ0v) is 14.2. The third-order valence-corrected chi connectivity index (χ3v) is 4.77. The average Bonchev–Trinajstić information content (AvgIpc) is 2.96. The number of aromatic nitrogens is 3. The fraction of sp³-hybridized carbons (Fsp3) is 0.588. The molecule has 6 nitrogen and oxygen atoms in total. The first-order valence-electron chi connectivity index (χ1n) is 8.26. The van der Waals surface area contributed by atoms with Gasteiger partial charge in [-0.25, -0.2) is 9.50 Å². The number of likely N-dealkylation sites (tertiary alicyclic amines) is 1. The maximum Gasteiger partial charge on any atom is 0.275 e. The van der Waals surface area contributed by atoms with Gasteiger partial charge in [0.15, 0.2) is 5.65 Å². The predicted octanol–water partition coefficient (Wildman–Crippen LogP) is 2.00. The van der Waals surface area contributed by atoms with Crippen molar-refractivity contribution in [3.8, 4) is 0 Å². The molecule has 124 valence electrons. The van der Waals surface area contributed by atoms with E-state index in [9.17, 15) is 9.59 Å². The number of aryl methyl sites for hydroxylation is 1. The topological polar surface area (TPSA) is 70.5 Å². The fourth-order valence-corrected chi connectivity index (χ4v) is 3.24. The first-order valence-corrected chi connectivity index (χ1v) is 8.26. The highest BCUT2D eigenvalue weighted by molar-refractivity contribution is 5.78. The van der Waals surface area contributed by atoms with E-state index in [0.29, 0.717) is 17.8 Å². The van der Waals surface area contributed by atoms with Crippen molar-refractivity contribution >= 4 is 11.6 Å². The summed E-state index contributed by atoms with van der Waals surface area (Å²) in [5, 5.41) is 3.19. The van der Waals surface area contributed by atoms with E-state index in [2.05, 4.69) is 10.1 Å². The van der Waals surface area contributed by atoms with E-state index >= 15 is 0 Å². The van der Waals surface area contributed by atoms with Gasteiger partial charge >= 0.3 is 0 Å². The fourth-order valence-electron chi connectivity index (χ4n) is 3.24. The van der Waals surface area contributed by atoms with Crippen molar-refractivity contribution in [2.24, 2.45) is 5.92 Å². The van der Waals surface area contributed by atoms with Crippen molar-refractivity contribution in [2.45, 2.75) is 46.5 Å². The van der Waals surface area contributed by atoms with E-state index in [-0.39, 0.29) is 23.3 Å². The van der Waals surface area contributed by atoms with Gasteiger partial charge in [-0.05, 0) is 26.7 Å². The summed E-state index contributed by atoms with van der Waals surface area (Å²) < 4.78 is 1.51. The molecule has 1 atom stereocenters. The van der Waals surface area contributed by atoms with E-state index in [1.807, 2.05) is 31.7 Å². The molecule has 3 heterocycles. The van der Waals surface area contributed by atoms with Crippen LogP contribution in [-0.4, -0.2) is 38.5 Å². The van der Waals surface area contributed by atoms with Gasteiger partial charge in [0.1, 0.15) is 0 Å². The smallest absolute Gasteiger partial charge is 0.275 e. The normalized spacial score (nSPS) is 18.8. The molecule has 3 rings (SSSR count). The number of carbonyl (C=O) groups is 1. The molecule has 1 N–H and O–H groups in total. The molecular formula is C17H24N4O2. The molecule has 1 saturated heterocycles. The molecule has 6 heteroatoms. The van der Waals surface area contributed by atoms with Crippen molar-refractivity contribution in [2.75, 3.05) is 13.1 Å². The predicted molar refractivity (Wildman–Crippen MR) is 88.7 cm³/mol. The number of nitrogens with one attached hydrogen (secondary N) is 1. The Morgan fingerprint density at radius 1 is 1.39 bits per heavy atom. The molecule has 0 spiro atoms. The van der Waals surface area contributed by atoms with Gasteiger partial charge in [-0.15, -0.1) is 0 Å². The number of nitrogens with zero attached hydrogens (tertiary/aromatic N) is 3. The Morgan fingerprint density at radius 2 is 2.13 bits per heavy atom. The van der Waals surface area contributed by atoms with Crippen LogP contribution in [0, 0.1) is 19.8 Å². The quantitative estimate of drug-likeness (QED) is 0.921. The van der Waals surface area contributed by atoms with E-state index in [4.69, 9.17) is 0 Å². The highest BCUT2D eigenvalue weighted by atomic mass is 16.2. The standard InChI is InChI=1S/C17H24N4O2/c1-10(2)16(22)20-7-5-6-13(9-20)14-8-15-18-12(4)11(3)17(23)21(15)19-14/h8,10,13,19H,5-7,9H2,1-4H3/t13-/m0/s1. The maximum absolute atomic E-state index is 12.3. The van der Waals surface area contributed by atoms with Crippen molar-refractivity contribution < 1.29 is 4.79 Å². The van der Waals surface area contributed by atoms with E-state index in [1.165, 1.54) is 4.52 Å². The van der Waals surface area contributed by atoms with E-state index < -0.39 is 0 Å². The molecule has 2 aromatic heterocycles. The maximum atomic E-state index is 12.3. The third kappa shape index (κ3) is 2.78. The van der Waals surface area contributed by atoms with Gasteiger partial charge in [-0.2, -0.15) is 0 Å². The van der Waals surface area contributed by atoms with E-state index in [1.54, 1.807) is 6.92 Å². The summed E-state index contributed by atoms with van der Waals surface area (Å²) in [5.74, 6) is 0.451. The molecule has 23 heavy (non-hydrogen) atoms. The average molecular weight is 316 g/mol. The van der Waals surface area contributed by atoms with Gasteiger partial charge < -0.3 is 4.90 Å². The van der Waals surface area contributed by atoms with Crippen LogP contribution in [0.1, 0.15) is 49.6 Å². The summed E-state index contributed by atoms with van der Waals surface area (Å²) in [6, 6.07) is 1.95. The number of hydrogen-bond donors (Lipinski definition) is 1. The number of amides is 1. The number of carbonyl (C=O) groups excluding carboxylic acids is 1. The summed E-state index contributed by atoms with van der Waals surface area (Å²) in [4.78, 5) is 31.0.